The number of hydrogen-bond donors (Lipinski definition) is 2. The molecule has 0 aliphatic heterocycles. The van der Waals surface area contributed by atoms with Gasteiger partial charge < -0.3 is 15.4 Å². The first-order chi connectivity index (χ1) is 12.9. The molecule has 0 aromatic carbocycles. The second-order valence-corrected chi connectivity index (χ2v) is 8.18. The second-order valence-electron chi connectivity index (χ2n) is 6.57. The van der Waals surface area contributed by atoms with Gasteiger partial charge in [-0.3, -0.25) is 0 Å². The normalized spacial score (nSPS) is 11.0. The maximum absolute atomic E-state index is 5.82. The van der Waals surface area contributed by atoms with E-state index < -0.39 is 0 Å². The Morgan fingerprint density at radius 1 is 1.11 bits per heavy atom. The third-order valence-electron chi connectivity index (χ3n) is 3.89. The van der Waals surface area contributed by atoms with Crippen molar-refractivity contribution in [2.45, 2.75) is 53.0 Å². The van der Waals surface area contributed by atoms with E-state index in [-0.39, 0.29) is 0 Å². The number of nitrogens with zero attached hydrogens (tertiary/aromatic N) is 3. The predicted molar refractivity (Wildman–Crippen MR) is 119 cm³/mol. The highest BCUT2D eigenvalue weighted by atomic mass is 79.9. The topological polar surface area (TPSA) is 72.0 Å². The number of rotatable bonds is 9. The Bertz CT molecular complexity index is 783. The standard InChI is InChI=1S/C19H27Br2N5O/c1-6-7-8-9-27-19-18(22-5)25-15(16(21)26-19)13-10-14(20)17(23-11(2)3)24-12(13)4/h10-11H,6-9H2,1-5H3,(H,22,25)(H,23,24). The number of unbranched alkanes of at least 4 members (excludes halogenated alkanes) is 2. The Balaban J connectivity index is 2.37. The summed E-state index contributed by atoms with van der Waals surface area (Å²) in [6, 6.07) is 2.31. The van der Waals surface area contributed by atoms with Crippen molar-refractivity contribution in [2.75, 3.05) is 24.3 Å². The highest BCUT2D eigenvalue weighted by molar-refractivity contribution is 9.10. The highest BCUT2D eigenvalue weighted by Gasteiger charge is 2.18. The lowest BCUT2D eigenvalue weighted by Gasteiger charge is -2.16. The van der Waals surface area contributed by atoms with Crippen LogP contribution in [0.1, 0.15) is 45.7 Å². The molecule has 0 atom stereocenters. The fraction of sp³-hybridized carbons (Fsp3) is 0.526. The van der Waals surface area contributed by atoms with Gasteiger partial charge in [-0.15, -0.1) is 0 Å². The van der Waals surface area contributed by atoms with Gasteiger partial charge in [-0.1, -0.05) is 19.8 Å². The van der Waals surface area contributed by atoms with Gasteiger partial charge in [0.2, 0.25) is 0 Å². The van der Waals surface area contributed by atoms with E-state index in [9.17, 15) is 0 Å². The number of anilines is 2. The van der Waals surface area contributed by atoms with Crippen LogP contribution in [-0.2, 0) is 0 Å². The van der Waals surface area contributed by atoms with E-state index in [1.54, 1.807) is 0 Å². The smallest absolute Gasteiger partial charge is 0.258 e. The van der Waals surface area contributed by atoms with Crippen molar-refractivity contribution in [3.05, 3.63) is 20.8 Å². The zero-order chi connectivity index (χ0) is 20.0. The molecular weight excluding hydrogens is 474 g/mol. The van der Waals surface area contributed by atoms with Gasteiger partial charge in [0.25, 0.3) is 5.88 Å². The number of nitrogens with one attached hydrogen (secondary N) is 2. The van der Waals surface area contributed by atoms with Crippen molar-refractivity contribution in [2.24, 2.45) is 0 Å². The summed E-state index contributed by atoms with van der Waals surface area (Å²) < 4.78 is 7.34. The highest BCUT2D eigenvalue weighted by Crippen LogP contribution is 2.35. The SMILES string of the molecule is CCCCCOc1nc(Br)c(-c2cc(Br)c(NC(C)C)nc2C)nc1NC. The Morgan fingerprint density at radius 3 is 2.48 bits per heavy atom. The third kappa shape index (κ3) is 5.78. The average molecular weight is 501 g/mol. The lowest BCUT2D eigenvalue weighted by molar-refractivity contribution is 0.295. The molecule has 0 spiro atoms. The average Bonchev–Trinajstić information content (AvgIpc) is 2.61. The van der Waals surface area contributed by atoms with Crippen molar-refractivity contribution in [3.63, 3.8) is 0 Å². The van der Waals surface area contributed by atoms with Crippen LogP contribution in [-0.4, -0.2) is 34.6 Å². The summed E-state index contributed by atoms with van der Waals surface area (Å²) in [7, 11) is 1.82. The summed E-state index contributed by atoms with van der Waals surface area (Å²) in [6.07, 6.45) is 3.29. The van der Waals surface area contributed by atoms with E-state index in [1.165, 1.54) is 0 Å². The summed E-state index contributed by atoms with van der Waals surface area (Å²) in [5.74, 6) is 1.94. The molecule has 27 heavy (non-hydrogen) atoms. The monoisotopic (exact) mass is 499 g/mol. The van der Waals surface area contributed by atoms with Gasteiger partial charge in [0.05, 0.1) is 11.1 Å². The van der Waals surface area contributed by atoms with E-state index in [2.05, 4.69) is 73.2 Å². The summed E-state index contributed by atoms with van der Waals surface area (Å²) in [5, 5.41) is 6.42. The number of aryl methyl sites for hydroxylation is 1. The quantitative estimate of drug-likeness (QED) is 0.423. The number of pyridine rings is 1. The Morgan fingerprint density at radius 2 is 1.85 bits per heavy atom. The minimum absolute atomic E-state index is 0.297. The Kier molecular flexibility index (Phi) is 8.28. The minimum atomic E-state index is 0.297. The molecule has 148 valence electrons. The van der Waals surface area contributed by atoms with Crippen LogP contribution in [0.5, 0.6) is 5.88 Å². The van der Waals surface area contributed by atoms with Gasteiger partial charge in [-0.05, 0) is 65.1 Å². The van der Waals surface area contributed by atoms with Gasteiger partial charge in [0.15, 0.2) is 5.82 Å². The van der Waals surface area contributed by atoms with Gasteiger partial charge in [-0.2, -0.15) is 0 Å². The zero-order valence-electron chi connectivity index (χ0n) is 16.5. The number of halogens is 2. The molecule has 2 aromatic rings. The lowest BCUT2D eigenvalue weighted by Crippen LogP contribution is -2.12. The van der Waals surface area contributed by atoms with E-state index in [1.807, 2.05) is 20.0 Å². The summed E-state index contributed by atoms with van der Waals surface area (Å²) in [5.41, 5.74) is 2.50. The Hall–Kier alpha value is -1.41. The third-order valence-corrected chi connectivity index (χ3v) is 5.05. The van der Waals surface area contributed by atoms with Crippen LogP contribution < -0.4 is 15.4 Å². The molecule has 0 aliphatic rings. The fourth-order valence-electron chi connectivity index (χ4n) is 2.55. The van der Waals surface area contributed by atoms with Gasteiger partial charge >= 0.3 is 0 Å². The van der Waals surface area contributed by atoms with E-state index in [0.717, 1.165) is 46.5 Å². The van der Waals surface area contributed by atoms with Crippen LogP contribution in [0.15, 0.2) is 15.1 Å². The number of hydrogen-bond acceptors (Lipinski definition) is 6. The molecule has 0 amide bonds. The van der Waals surface area contributed by atoms with Crippen LogP contribution in [0.25, 0.3) is 11.3 Å². The molecule has 6 nitrogen and oxygen atoms in total. The molecule has 2 heterocycles. The zero-order valence-corrected chi connectivity index (χ0v) is 19.7. The van der Waals surface area contributed by atoms with E-state index in [4.69, 9.17) is 9.72 Å². The van der Waals surface area contributed by atoms with Crippen LogP contribution in [0, 0.1) is 6.92 Å². The first-order valence-corrected chi connectivity index (χ1v) is 10.8. The summed E-state index contributed by atoms with van der Waals surface area (Å²) >= 11 is 7.15. The molecule has 0 saturated heterocycles. The summed E-state index contributed by atoms with van der Waals surface area (Å²) in [4.78, 5) is 14.0. The van der Waals surface area contributed by atoms with E-state index >= 15 is 0 Å². The Labute approximate surface area is 178 Å². The fourth-order valence-corrected chi connectivity index (χ4v) is 3.45. The first kappa shape index (κ1) is 21.9. The molecule has 2 aromatic heterocycles. The van der Waals surface area contributed by atoms with Crippen LogP contribution >= 0.6 is 31.9 Å². The molecule has 2 rings (SSSR count). The summed E-state index contributed by atoms with van der Waals surface area (Å²) in [6.45, 7) is 8.93. The molecule has 0 fully saturated rings. The largest absolute Gasteiger partial charge is 0.475 e. The van der Waals surface area contributed by atoms with Gasteiger partial charge in [0, 0.05) is 24.3 Å². The van der Waals surface area contributed by atoms with Crippen molar-refractivity contribution in [1.29, 1.82) is 0 Å². The molecule has 0 radical (unpaired) electrons. The minimum Gasteiger partial charge on any atom is -0.475 e. The van der Waals surface area contributed by atoms with Gasteiger partial charge in [0.1, 0.15) is 16.1 Å². The van der Waals surface area contributed by atoms with Gasteiger partial charge in [-0.25, -0.2) is 15.0 Å². The van der Waals surface area contributed by atoms with Crippen LogP contribution in [0.3, 0.4) is 0 Å². The maximum Gasteiger partial charge on any atom is 0.258 e. The second kappa shape index (κ2) is 10.2. The van der Waals surface area contributed by atoms with Crippen LogP contribution in [0.4, 0.5) is 11.6 Å². The van der Waals surface area contributed by atoms with Crippen molar-refractivity contribution < 1.29 is 4.74 Å². The molecular formula is C19H27Br2N5O. The molecule has 2 N–H and O–H groups in total. The van der Waals surface area contributed by atoms with Crippen molar-refractivity contribution in [1.82, 2.24) is 15.0 Å². The molecule has 0 bridgehead atoms. The van der Waals surface area contributed by atoms with Crippen LogP contribution in [0.2, 0.25) is 0 Å². The molecule has 8 heteroatoms. The number of ether oxygens (including phenoxy) is 1. The molecule has 0 aliphatic carbocycles. The maximum atomic E-state index is 5.82. The molecule has 0 saturated carbocycles. The first-order valence-electron chi connectivity index (χ1n) is 9.19. The lowest BCUT2D eigenvalue weighted by atomic mass is 10.1. The van der Waals surface area contributed by atoms with Crippen molar-refractivity contribution in [3.8, 4) is 17.1 Å². The predicted octanol–water partition coefficient (Wildman–Crippen LogP) is 5.80. The molecule has 0 unspecified atom stereocenters. The van der Waals surface area contributed by atoms with Crippen molar-refractivity contribution >= 4 is 43.5 Å². The van der Waals surface area contributed by atoms with E-state index in [0.29, 0.717) is 28.9 Å². The number of aromatic nitrogens is 3.